The molecule has 0 radical (unpaired) electrons. The van der Waals surface area contributed by atoms with Crippen molar-refractivity contribution in [2.24, 2.45) is 23.5 Å². The van der Waals surface area contributed by atoms with Crippen LogP contribution in [0.3, 0.4) is 0 Å². The molecule has 0 saturated heterocycles. The van der Waals surface area contributed by atoms with Gasteiger partial charge >= 0.3 is 0 Å². The van der Waals surface area contributed by atoms with E-state index in [4.69, 9.17) is 5.73 Å². The summed E-state index contributed by atoms with van der Waals surface area (Å²) in [6, 6.07) is 0.464. The van der Waals surface area contributed by atoms with E-state index in [9.17, 15) is 0 Å². The number of hydrogen-bond acceptors (Lipinski definition) is 1. The second kappa shape index (κ2) is 2.91. The van der Waals surface area contributed by atoms with Gasteiger partial charge < -0.3 is 5.73 Å². The summed E-state index contributed by atoms with van der Waals surface area (Å²) in [5.41, 5.74) is 5.93. The topological polar surface area (TPSA) is 26.0 Å². The van der Waals surface area contributed by atoms with Gasteiger partial charge in [0.15, 0.2) is 0 Å². The second-order valence-corrected chi connectivity index (χ2v) is 4.07. The molecule has 0 aromatic rings. The lowest BCUT2D eigenvalue weighted by molar-refractivity contribution is 0.192. The van der Waals surface area contributed by atoms with Crippen LogP contribution < -0.4 is 5.73 Å². The fraction of sp³-hybridized carbons (Fsp3) is 1.00. The fourth-order valence-electron chi connectivity index (χ4n) is 1.89. The minimum atomic E-state index is 0.464. The van der Waals surface area contributed by atoms with Crippen LogP contribution in [-0.4, -0.2) is 6.04 Å². The highest BCUT2D eigenvalue weighted by molar-refractivity contribution is 4.81. The van der Waals surface area contributed by atoms with Gasteiger partial charge in [0.05, 0.1) is 0 Å². The molecule has 0 amide bonds. The first-order valence-electron chi connectivity index (χ1n) is 4.37. The van der Waals surface area contributed by atoms with Gasteiger partial charge in [0, 0.05) is 6.04 Å². The maximum absolute atomic E-state index is 5.93. The summed E-state index contributed by atoms with van der Waals surface area (Å²) in [5, 5.41) is 0. The minimum Gasteiger partial charge on any atom is -0.327 e. The van der Waals surface area contributed by atoms with Crippen molar-refractivity contribution in [3.63, 3.8) is 0 Å². The van der Waals surface area contributed by atoms with E-state index in [0.29, 0.717) is 6.04 Å². The Kier molecular flexibility index (Phi) is 2.35. The van der Waals surface area contributed by atoms with E-state index in [1.165, 1.54) is 12.8 Å². The third-order valence-corrected chi connectivity index (χ3v) is 3.09. The second-order valence-electron chi connectivity index (χ2n) is 4.07. The van der Waals surface area contributed by atoms with Crippen molar-refractivity contribution in [1.82, 2.24) is 0 Å². The average Bonchev–Trinajstić information content (AvgIpc) is 1.84. The zero-order valence-corrected chi connectivity index (χ0v) is 7.30. The highest BCUT2D eigenvalue weighted by atomic mass is 14.7. The molecule has 0 bridgehead atoms. The zero-order valence-electron chi connectivity index (χ0n) is 7.30. The van der Waals surface area contributed by atoms with Crippen molar-refractivity contribution < 1.29 is 0 Å². The maximum Gasteiger partial charge on any atom is 0.00672 e. The fourth-order valence-corrected chi connectivity index (χ4v) is 1.89. The predicted molar refractivity (Wildman–Crippen MR) is 44.7 cm³/mol. The first-order chi connectivity index (χ1) is 4.61. The summed E-state index contributed by atoms with van der Waals surface area (Å²) < 4.78 is 0. The molecule has 60 valence electrons. The third-order valence-electron chi connectivity index (χ3n) is 3.09. The molecule has 1 fully saturated rings. The molecule has 10 heavy (non-hydrogen) atoms. The van der Waals surface area contributed by atoms with E-state index in [-0.39, 0.29) is 0 Å². The highest BCUT2D eigenvalue weighted by Gasteiger charge is 2.27. The van der Waals surface area contributed by atoms with E-state index in [0.717, 1.165) is 17.8 Å². The van der Waals surface area contributed by atoms with Crippen LogP contribution in [0.1, 0.15) is 33.6 Å². The molecule has 1 nitrogen and oxygen atoms in total. The molecule has 1 rings (SSSR count). The molecule has 1 heteroatoms. The zero-order chi connectivity index (χ0) is 7.72. The summed E-state index contributed by atoms with van der Waals surface area (Å²) in [4.78, 5) is 0. The van der Waals surface area contributed by atoms with Gasteiger partial charge in [-0.25, -0.2) is 0 Å². The van der Waals surface area contributed by atoms with E-state index in [1.54, 1.807) is 0 Å². The van der Waals surface area contributed by atoms with E-state index >= 15 is 0 Å². The largest absolute Gasteiger partial charge is 0.327 e. The molecule has 2 N–H and O–H groups in total. The Morgan fingerprint density at radius 3 is 1.90 bits per heavy atom. The summed E-state index contributed by atoms with van der Waals surface area (Å²) in [7, 11) is 0. The summed E-state index contributed by atoms with van der Waals surface area (Å²) in [5.74, 6) is 2.46. The van der Waals surface area contributed by atoms with Crippen molar-refractivity contribution in [1.29, 1.82) is 0 Å². The number of hydrogen-bond donors (Lipinski definition) is 1. The first-order valence-corrected chi connectivity index (χ1v) is 4.37. The van der Waals surface area contributed by atoms with Gasteiger partial charge in [-0.1, -0.05) is 20.8 Å². The van der Waals surface area contributed by atoms with Gasteiger partial charge in [-0.2, -0.15) is 0 Å². The van der Waals surface area contributed by atoms with Crippen molar-refractivity contribution >= 4 is 0 Å². The summed E-state index contributed by atoms with van der Waals surface area (Å²) in [6.45, 7) is 6.93. The predicted octanol–water partition coefficient (Wildman–Crippen LogP) is 2.02. The van der Waals surface area contributed by atoms with Crippen LogP contribution in [-0.2, 0) is 0 Å². The lowest BCUT2D eigenvalue weighted by Crippen LogP contribution is -2.37. The van der Waals surface area contributed by atoms with Crippen molar-refractivity contribution in [3.05, 3.63) is 0 Å². The highest BCUT2D eigenvalue weighted by Crippen LogP contribution is 2.31. The Labute approximate surface area is 64.0 Å². The molecular formula is C9H19N. The van der Waals surface area contributed by atoms with Gasteiger partial charge in [-0.15, -0.1) is 0 Å². The molecule has 0 heterocycles. The molecule has 0 aliphatic heterocycles. The Bertz CT molecular complexity index is 85.3. The Hall–Kier alpha value is -0.0400. The van der Waals surface area contributed by atoms with E-state index < -0.39 is 0 Å². The van der Waals surface area contributed by atoms with Crippen molar-refractivity contribution in [2.75, 3.05) is 0 Å². The lowest BCUT2D eigenvalue weighted by atomic mass is 9.74. The molecule has 1 aliphatic carbocycles. The van der Waals surface area contributed by atoms with Crippen LogP contribution in [0.5, 0.6) is 0 Å². The average molecular weight is 141 g/mol. The summed E-state index contributed by atoms with van der Waals surface area (Å²) in [6.07, 6.45) is 2.55. The number of nitrogens with two attached hydrogens (primary N) is 1. The molecule has 0 spiro atoms. The van der Waals surface area contributed by atoms with Gasteiger partial charge in [-0.3, -0.25) is 0 Å². The van der Waals surface area contributed by atoms with Crippen molar-refractivity contribution in [2.45, 2.75) is 39.7 Å². The van der Waals surface area contributed by atoms with Crippen molar-refractivity contribution in [3.8, 4) is 0 Å². The van der Waals surface area contributed by atoms with Crippen LogP contribution in [0.4, 0.5) is 0 Å². The third kappa shape index (κ3) is 1.51. The molecule has 0 aromatic heterocycles. The normalized spacial score (nSPS) is 49.2. The monoisotopic (exact) mass is 141 g/mol. The van der Waals surface area contributed by atoms with Crippen LogP contribution >= 0.6 is 0 Å². The molecule has 0 aromatic carbocycles. The standard InChI is InChI=1S/C9H19N/c1-6-4-8(3)9(10)5-7(6)2/h6-9H,4-5,10H2,1-3H3/t6-,7+,8-,9-/m0/s1. The van der Waals surface area contributed by atoms with Crippen LogP contribution in [0.25, 0.3) is 0 Å². The molecule has 4 atom stereocenters. The van der Waals surface area contributed by atoms with E-state index in [1.807, 2.05) is 0 Å². The van der Waals surface area contributed by atoms with Gasteiger partial charge in [0.1, 0.15) is 0 Å². The SMILES string of the molecule is C[C@@H]1C[C@H](N)[C@@H](C)C[C@@H]1C. The molecule has 1 aliphatic rings. The maximum atomic E-state index is 5.93. The summed E-state index contributed by atoms with van der Waals surface area (Å²) >= 11 is 0. The Balaban J connectivity index is 2.46. The van der Waals surface area contributed by atoms with Crippen LogP contribution in [0.15, 0.2) is 0 Å². The minimum absolute atomic E-state index is 0.464. The van der Waals surface area contributed by atoms with Gasteiger partial charge in [0.25, 0.3) is 0 Å². The Morgan fingerprint density at radius 1 is 0.900 bits per heavy atom. The smallest absolute Gasteiger partial charge is 0.00672 e. The van der Waals surface area contributed by atoms with Gasteiger partial charge in [0.2, 0.25) is 0 Å². The van der Waals surface area contributed by atoms with E-state index in [2.05, 4.69) is 20.8 Å². The quantitative estimate of drug-likeness (QED) is 0.548. The van der Waals surface area contributed by atoms with Crippen LogP contribution in [0, 0.1) is 17.8 Å². The Morgan fingerprint density at radius 2 is 1.40 bits per heavy atom. The first kappa shape index (κ1) is 8.06. The van der Waals surface area contributed by atoms with Gasteiger partial charge in [-0.05, 0) is 30.6 Å². The van der Waals surface area contributed by atoms with Crippen LogP contribution in [0.2, 0.25) is 0 Å². The molecule has 0 unspecified atom stereocenters. The number of rotatable bonds is 0. The lowest BCUT2D eigenvalue weighted by Gasteiger charge is -2.34. The molecule has 1 saturated carbocycles. The molecular weight excluding hydrogens is 122 g/mol.